The van der Waals surface area contributed by atoms with Crippen LogP contribution in [0.3, 0.4) is 0 Å². The number of carbonyl (C=O) groups is 2. The van der Waals surface area contributed by atoms with Crippen molar-refractivity contribution in [1.82, 2.24) is 5.32 Å². The highest BCUT2D eigenvalue weighted by atomic mass is 35.5. The molecule has 1 aromatic heterocycles. The SMILES string of the molecule is C[C@H](NC(=O)c1ccco1)C(=O)Nc1ccc(Oc2ccccc2Cl)cc1. The van der Waals surface area contributed by atoms with E-state index in [1.807, 2.05) is 12.1 Å². The molecule has 3 rings (SSSR count). The van der Waals surface area contributed by atoms with Gasteiger partial charge in [-0.1, -0.05) is 23.7 Å². The Morgan fingerprint density at radius 2 is 1.78 bits per heavy atom. The third-order valence-corrected chi connectivity index (χ3v) is 3.98. The van der Waals surface area contributed by atoms with E-state index in [2.05, 4.69) is 10.6 Å². The maximum atomic E-state index is 12.2. The molecule has 2 amide bonds. The van der Waals surface area contributed by atoms with Crippen molar-refractivity contribution in [3.63, 3.8) is 0 Å². The zero-order valence-electron chi connectivity index (χ0n) is 14.4. The Bertz CT molecular complexity index is 923. The van der Waals surface area contributed by atoms with Crippen LogP contribution in [0.15, 0.2) is 71.3 Å². The van der Waals surface area contributed by atoms with Gasteiger partial charge in [0.1, 0.15) is 17.5 Å². The number of rotatable bonds is 6. The molecule has 0 saturated heterocycles. The zero-order valence-corrected chi connectivity index (χ0v) is 15.2. The number of benzene rings is 2. The fraction of sp³-hybridized carbons (Fsp3) is 0.100. The lowest BCUT2D eigenvalue weighted by molar-refractivity contribution is -0.117. The van der Waals surface area contributed by atoms with Gasteiger partial charge in [-0.2, -0.15) is 0 Å². The molecular weight excluding hydrogens is 368 g/mol. The minimum atomic E-state index is -0.735. The van der Waals surface area contributed by atoms with E-state index in [0.717, 1.165) is 0 Å². The molecule has 138 valence electrons. The van der Waals surface area contributed by atoms with E-state index in [1.165, 1.54) is 12.3 Å². The Labute approximate surface area is 161 Å². The lowest BCUT2D eigenvalue weighted by Crippen LogP contribution is -2.41. The summed E-state index contributed by atoms with van der Waals surface area (Å²) in [5.74, 6) is 0.474. The first-order chi connectivity index (χ1) is 13.0. The Morgan fingerprint density at radius 1 is 1.04 bits per heavy atom. The second-order valence-corrected chi connectivity index (χ2v) is 6.13. The van der Waals surface area contributed by atoms with E-state index in [-0.39, 0.29) is 11.7 Å². The van der Waals surface area contributed by atoms with Crippen molar-refractivity contribution >= 4 is 29.1 Å². The molecule has 0 aliphatic heterocycles. The summed E-state index contributed by atoms with van der Waals surface area (Å²) in [6.07, 6.45) is 1.39. The standard InChI is InChI=1S/C20H17ClN2O4/c1-13(22-20(25)18-7-4-12-26-18)19(24)23-14-8-10-15(11-9-14)27-17-6-3-2-5-16(17)21/h2-13H,1H3,(H,22,25)(H,23,24)/t13-/m0/s1. The summed E-state index contributed by atoms with van der Waals surface area (Å²) in [7, 11) is 0. The number of hydrogen-bond donors (Lipinski definition) is 2. The number of anilines is 1. The highest BCUT2D eigenvalue weighted by Gasteiger charge is 2.18. The van der Waals surface area contributed by atoms with Gasteiger partial charge in [0.2, 0.25) is 5.91 Å². The first kappa shape index (κ1) is 18.5. The van der Waals surface area contributed by atoms with E-state index >= 15 is 0 Å². The average Bonchev–Trinajstić information content (AvgIpc) is 3.20. The summed E-state index contributed by atoms with van der Waals surface area (Å²) in [4.78, 5) is 24.1. The van der Waals surface area contributed by atoms with Gasteiger partial charge >= 0.3 is 0 Å². The summed E-state index contributed by atoms with van der Waals surface area (Å²) in [5, 5.41) is 5.81. The number of para-hydroxylation sites is 1. The van der Waals surface area contributed by atoms with Crippen LogP contribution < -0.4 is 15.4 Å². The topological polar surface area (TPSA) is 80.6 Å². The van der Waals surface area contributed by atoms with Crippen LogP contribution in [0.1, 0.15) is 17.5 Å². The Balaban J connectivity index is 1.56. The molecule has 6 nitrogen and oxygen atoms in total. The molecule has 0 aliphatic carbocycles. The van der Waals surface area contributed by atoms with Gasteiger partial charge in [0, 0.05) is 5.69 Å². The molecular formula is C20H17ClN2O4. The van der Waals surface area contributed by atoms with Gasteiger partial charge in [-0.3, -0.25) is 9.59 Å². The Kier molecular flexibility index (Phi) is 5.78. The van der Waals surface area contributed by atoms with Crippen molar-refractivity contribution in [3.05, 3.63) is 77.7 Å². The van der Waals surface area contributed by atoms with Gasteiger partial charge in [0.25, 0.3) is 5.91 Å². The predicted octanol–water partition coefficient (Wildman–Crippen LogP) is 4.48. The molecule has 0 aliphatic rings. The first-order valence-corrected chi connectivity index (χ1v) is 8.58. The third kappa shape index (κ3) is 4.89. The summed E-state index contributed by atoms with van der Waals surface area (Å²) < 4.78 is 10.7. The van der Waals surface area contributed by atoms with Crippen molar-refractivity contribution < 1.29 is 18.7 Å². The largest absolute Gasteiger partial charge is 0.459 e. The van der Waals surface area contributed by atoms with Crippen molar-refractivity contribution in [1.29, 1.82) is 0 Å². The maximum absolute atomic E-state index is 12.2. The van der Waals surface area contributed by atoms with Crippen LogP contribution in [0, 0.1) is 0 Å². The summed E-state index contributed by atoms with van der Waals surface area (Å²) >= 11 is 6.06. The van der Waals surface area contributed by atoms with Gasteiger partial charge in [-0.15, -0.1) is 0 Å². The highest BCUT2D eigenvalue weighted by molar-refractivity contribution is 6.32. The van der Waals surface area contributed by atoms with E-state index in [4.69, 9.17) is 20.8 Å². The lowest BCUT2D eigenvalue weighted by Gasteiger charge is -2.14. The second-order valence-electron chi connectivity index (χ2n) is 5.72. The van der Waals surface area contributed by atoms with Gasteiger partial charge in [0.15, 0.2) is 5.76 Å². The number of ether oxygens (including phenoxy) is 1. The molecule has 27 heavy (non-hydrogen) atoms. The van der Waals surface area contributed by atoms with Crippen molar-refractivity contribution in [2.75, 3.05) is 5.32 Å². The van der Waals surface area contributed by atoms with Crippen molar-refractivity contribution in [2.24, 2.45) is 0 Å². The summed E-state index contributed by atoms with van der Waals surface area (Å²) in [5.41, 5.74) is 0.575. The molecule has 0 bridgehead atoms. The van der Waals surface area contributed by atoms with Crippen LogP contribution in [0.5, 0.6) is 11.5 Å². The minimum Gasteiger partial charge on any atom is -0.459 e. The number of furan rings is 1. The normalized spacial score (nSPS) is 11.5. The van der Waals surface area contributed by atoms with Crippen LogP contribution in [0.25, 0.3) is 0 Å². The van der Waals surface area contributed by atoms with Crippen LogP contribution >= 0.6 is 11.6 Å². The molecule has 3 aromatic rings. The molecule has 1 heterocycles. The number of carbonyl (C=O) groups excluding carboxylic acids is 2. The molecule has 2 N–H and O–H groups in total. The first-order valence-electron chi connectivity index (χ1n) is 8.20. The van der Waals surface area contributed by atoms with Crippen LogP contribution in [0.2, 0.25) is 5.02 Å². The van der Waals surface area contributed by atoms with Crippen LogP contribution in [-0.4, -0.2) is 17.9 Å². The van der Waals surface area contributed by atoms with Crippen LogP contribution in [0.4, 0.5) is 5.69 Å². The number of hydrogen-bond acceptors (Lipinski definition) is 4. The molecule has 0 spiro atoms. The van der Waals surface area contributed by atoms with Gasteiger partial charge < -0.3 is 19.8 Å². The molecule has 2 aromatic carbocycles. The van der Waals surface area contributed by atoms with Crippen molar-refractivity contribution in [3.8, 4) is 11.5 Å². The third-order valence-electron chi connectivity index (χ3n) is 3.67. The molecule has 0 saturated carbocycles. The highest BCUT2D eigenvalue weighted by Crippen LogP contribution is 2.29. The van der Waals surface area contributed by atoms with E-state index in [1.54, 1.807) is 49.4 Å². The predicted molar refractivity (Wildman–Crippen MR) is 102 cm³/mol. The molecule has 0 radical (unpaired) electrons. The molecule has 1 atom stereocenters. The monoisotopic (exact) mass is 384 g/mol. The second kappa shape index (κ2) is 8.42. The molecule has 0 unspecified atom stereocenters. The number of nitrogens with one attached hydrogen (secondary N) is 2. The number of amides is 2. The minimum absolute atomic E-state index is 0.149. The molecule has 0 fully saturated rings. The van der Waals surface area contributed by atoms with Crippen molar-refractivity contribution in [2.45, 2.75) is 13.0 Å². The summed E-state index contributed by atoms with van der Waals surface area (Å²) in [6, 6.07) is 16.4. The van der Waals surface area contributed by atoms with Gasteiger partial charge in [-0.05, 0) is 55.5 Å². The van der Waals surface area contributed by atoms with Gasteiger partial charge in [0.05, 0.1) is 11.3 Å². The van der Waals surface area contributed by atoms with E-state index < -0.39 is 11.9 Å². The maximum Gasteiger partial charge on any atom is 0.287 e. The van der Waals surface area contributed by atoms with E-state index in [9.17, 15) is 9.59 Å². The van der Waals surface area contributed by atoms with Crippen LogP contribution in [-0.2, 0) is 4.79 Å². The fourth-order valence-corrected chi connectivity index (χ4v) is 2.43. The average molecular weight is 385 g/mol. The zero-order chi connectivity index (χ0) is 19.2. The molecule has 7 heteroatoms. The fourth-order valence-electron chi connectivity index (χ4n) is 2.25. The lowest BCUT2D eigenvalue weighted by atomic mass is 10.2. The Morgan fingerprint density at radius 3 is 2.44 bits per heavy atom. The quantitative estimate of drug-likeness (QED) is 0.656. The summed E-state index contributed by atoms with van der Waals surface area (Å²) in [6.45, 7) is 1.59. The smallest absolute Gasteiger partial charge is 0.287 e. The van der Waals surface area contributed by atoms with E-state index in [0.29, 0.717) is 22.2 Å². The number of halogens is 1. The Hall–Kier alpha value is -3.25. The van der Waals surface area contributed by atoms with Gasteiger partial charge in [-0.25, -0.2) is 0 Å².